The van der Waals surface area contributed by atoms with Crippen LogP contribution in [0.5, 0.6) is 23.0 Å². The Hall–Kier alpha value is -4.36. The molecule has 1 amide bonds. The van der Waals surface area contributed by atoms with Crippen LogP contribution in [-0.2, 0) is 0 Å². The van der Waals surface area contributed by atoms with E-state index in [1.165, 1.54) is 0 Å². The van der Waals surface area contributed by atoms with Gasteiger partial charge >= 0.3 is 0 Å². The third-order valence-corrected chi connectivity index (χ3v) is 5.87. The third-order valence-electron chi connectivity index (χ3n) is 5.62. The Morgan fingerprint density at radius 3 is 2.29 bits per heavy atom. The number of fused-ring (bicyclic) bond motifs is 2. The minimum atomic E-state index is -0.539. The van der Waals surface area contributed by atoms with Gasteiger partial charge in [0.2, 0.25) is 5.91 Å². The number of hydrogen-bond donors (Lipinski definition) is 1. The molecule has 2 N–H and O–H groups in total. The van der Waals surface area contributed by atoms with E-state index < -0.39 is 5.91 Å². The maximum Gasteiger partial charge on any atom is 0.249 e. The summed E-state index contributed by atoms with van der Waals surface area (Å²) in [4.78, 5) is 21.4. The summed E-state index contributed by atoms with van der Waals surface area (Å²) in [5, 5.41) is 2.00. The van der Waals surface area contributed by atoms with Crippen molar-refractivity contribution < 1.29 is 19.0 Å². The molecule has 3 aromatic carbocycles. The van der Waals surface area contributed by atoms with Gasteiger partial charge in [0.25, 0.3) is 0 Å². The highest BCUT2D eigenvalue weighted by Crippen LogP contribution is 2.37. The molecule has 174 valence electrons. The number of halogens is 1. The van der Waals surface area contributed by atoms with Crippen LogP contribution < -0.4 is 19.9 Å². The molecule has 0 saturated carbocycles. The first-order valence-corrected chi connectivity index (χ1v) is 11.0. The standard InChI is InChI=1S/C27H20ClN3O4/c1-33-25-13-20-22(14-26(25)34-2)30-10-9-24(20)35-17-7-8-18-19(27(29)32)12-21(31-23(18)11-17)15-3-5-16(28)6-4-15/h3-14H,1-2H3,(H2,29,32). The quantitative estimate of drug-likeness (QED) is 0.316. The van der Waals surface area contributed by atoms with Crippen LogP contribution in [0.2, 0.25) is 5.02 Å². The molecule has 0 aliphatic rings. The highest BCUT2D eigenvalue weighted by molar-refractivity contribution is 6.30. The highest BCUT2D eigenvalue weighted by Gasteiger charge is 2.15. The first-order chi connectivity index (χ1) is 17.0. The Kier molecular flexibility index (Phi) is 5.84. The van der Waals surface area contributed by atoms with E-state index in [1.54, 1.807) is 68.9 Å². The number of methoxy groups -OCH3 is 2. The molecule has 8 heteroatoms. The summed E-state index contributed by atoms with van der Waals surface area (Å²) in [6.07, 6.45) is 1.66. The predicted octanol–water partition coefficient (Wildman–Crippen LogP) is 6.01. The van der Waals surface area contributed by atoms with Gasteiger partial charge in [0.05, 0.1) is 36.5 Å². The number of pyridine rings is 2. The van der Waals surface area contributed by atoms with E-state index >= 15 is 0 Å². The molecule has 0 saturated heterocycles. The zero-order chi connectivity index (χ0) is 24.5. The van der Waals surface area contributed by atoms with Crippen molar-refractivity contribution in [3.63, 3.8) is 0 Å². The van der Waals surface area contributed by atoms with E-state index in [-0.39, 0.29) is 0 Å². The smallest absolute Gasteiger partial charge is 0.249 e. The van der Waals surface area contributed by atoms with Gasteiger partial charge in [-0.2, -0.15) is 0 Å². The van der Waals surface area contributed by atoms with Crippen molar-refractivity contribution in [3.05, 3.63) is 83.5 Å². The molecule has 0 bridgehead atoms. The number of primary amides is 1. The number of amides is 1. The number of benzene rings is 3. The topological polar surface area (TPSA) is 96.6 Å². The lowest BCUT2D eigenvalue weighted by Gasteiger charge is -2.13. The van der Waals surface area contributed by atoms with E-state index in [2.05, 4.69) is 4.98 Å². The van der Waals surface area contributed by atoms with E-state index in [0.717, 1.165) is 10.9 Å². The lowest BCUT2D eigenvalue weighted by molar-refractivity contribution is 0.100. The normalized spacial score (nSPS) is 10.9. The van der Waals surface area contributed by atoms with Gasteiger partial charge in [0.15, 0.2) is 11.5 Å². The van der Waals surface area contributed by atoms with E-state index in [1.807, 2.05) is 18.2 Å². The van der Waals surface area contributed by atoms with Crippen molar-refractivity contribution in [3.8, 4) is 34.3 Å². The summed E-state index contributed by atoms with van der Waals surface area (Å²) >= 11 is 6.02. The van der Waals surface area contributed by atoms with Gasteiger partial charge < -0.3 is 19.9 Å². The molecule has 0 fully saturated rings. The largest absolute Gasteiger partial charge is 0.493 e. The monoisotopic (exact) mass is 485 g/mol. The Bertz CT molecular complexity index is 1590. The maximum absolute atomic E-state index is 12.2. The van der Waals surface area contributed by atoms with Crippen molar-refractivity contribution in [2.75, 3.05) is 14.2 Å². The van der Waals surface area contributed by atoms with Crippen LogP contribution in [0.1, 0.15) is 10.4 Å². The molecule has 5 aromatic rings. The zero-order valence-electron chi connectivity index (χ0n) is 18.9. The zero-order valence-corrected chi connectivity index (χ0v) is 19.7. The second kappa shape index (κ2) is 9.12. The number of hydrogen-bond acceptors (Lipinski definition) is 6. The average Bonchev–Trinajstić information content (AvgIpc) is 2.87. The van der Waals surface area contributed by atoms with Gasteiger partial charge in [-0.1, -0.05) is 23.7 Å². The molecule has 2 heterocycles. The third kappa shape index (κ3) is 4.29. The molecule has 5 rings (SSSR count). The van der Waals surface area contributed by atoms with Crippen LogP contribution >= 0.6 is 11.6 Å². The molecular formula is C27H20ClN3O4. The van der Waals surface area contributed by atoms with Crippen molar-refractivity contribution in [1.82, 2.24) is 9.97 Å². The molecule has 35 heavy (non-hydrogen) atoms. The Morgan fingerprint density at radius 1 is 0.829 bits per heavy atom. The van der Waals surface area contributed by atoms with Crippen molar-refractivity contribution in [2.24, 2.45) is 5.73 Å². The van der Waals surface area contributed by atoms with Crippen molar-refractivity contribution >= 4 is 39.3 Å². The van der Waals surface area contributed by atoms with Crippen LogP contribution in [0.15, 0.2) is 72.9 Å². The second-order valence-electron chi connectivity index (χ2n) is 7.74. The molecular weight excluding hydrogens is 466 g/mol. The van der Waals surface area contributed by atoms with E-state index in [9.17, 15) is 4.79 Å². The number of carbonyl (C=O) groups excluding carboxylic acids is 1. The number of nitrogens with two attached hydrogens (primary N) is 1. The maximum atomic E-state index is 12.2. The summed E-state index contributed by atoms with van der Waals surface area (Å²) in [5.74, 6) is 1.72. The Labute approximate surface area is 206 Å². The fourth-order valence-electron chi connectivity index (χ4n) is 3.91. The summed E-state index contributed by atoms with van der Waals surface area (Å²) in [6.45, 7) is 0. The number of nitrogens with zero attached hydrogens (tertiary/aromatic N) is 2. The molecule has 2 aromatic heterocycles. The van der Waals surface area contributed by atoms with Crippen LogP contribution in [0.3, 0.4) is 0 Å². The molecule has 0 atom stereocenters. The highest BCUT2D eigenvalue weighted by atomic mass is 35.5. The lowest BCUT2D eigenvalue weighted by atomic mass is 10.0. The van der Waals surface area contributed by atoms with Gasteiger partial charge in [-0.05, 0) is 42.5 Å². The van der Waals surface area contributed by atoms with Gasteiger partial charge in [-0.25, -0.2) is 4.98 Å². The summed E-state index contributed by atoms with van der Waals surface area (Å²) in [7, 11) is 3.15. The predicted molar refractivity (Wildman–Crippen MR) is 136 cm³/mol. The van der Waals surface area contributed by atoms with Gasteiger partial charge in [0, 0.05) is 39.7 Å². The van der Waals surface area contributed by atoms with E-state index in [0.29, 0.717) is 55.7 Å². The van der Waals surface area contributed by atoms with Gasteiger partial charge in [0.1, 0.15) is 11.5 Å². The van der Waals surface area contributed by atoms with Crippen LogP contribution in [0, 0.1) is 0 Å². The van der Waals surface area contributed by atoms with Crippen molar-refractivity contribution in [1.29, 1.82) is 0 Å². The second-order valence-corrected chi connectivity index (χ2v) is 8.18. The summed E-state index contributed by atoms with van der Waals surface area (Å²) in [6, 6.07) is 19.6. The van der Waals surface area contributed by atoms with Gasteiger partial charge in [-0.3, -0.25) is 9.78 Å². The Balaban J connectivity index is 1.61. The average molecular weight is 486 g/mol. The summed E-state index contributed by atoms with van der Waals surface area (Å²) < 4.78 is 17.0. The molecule has 0 unspecified atom stereocenters. The fourth-order valence-corrected chi connectivity index (χ4v) is 4.03. The molecule has 0 radical (unpaired) electrons. The van der Waals surface area contributed by atoms with Crippen molar-refractivity contribution in [2.45, 2.75) is 0 Å². The van der Waals surface area contributed by atoms with Crippen LogP contribution in [0.25, 0.3) is 33.1 Å². The first kappa shape index (κ1) is 22.4. The molecule has 7 nitrogen and oxygen atoms in total. The van der Waals surface area contributed by atoms with E-state index in [4.69, 9.17) is 36.5 Å². The van der Waals surface area contributed by atoms with Crippen LogP contribution in [0.4, 0.5) is 0 Å². The molecule has 0 aliphatic carbocycles. The lowest BCUT2D eigenvalue weighted by Crippen LogP contribution is -2.12. The first-order valence-electron chi connectivity index (χ1n) is 10.7. The van der Waals surface area contributed by atoms with Gasteiger partial charge in [-0.15, -0.1) is 0 Å². The summed E-state index contributed by atoms with van der Waals surface area (Å²) in [5.41, 5.74) is 8.73. The van der Waals surface area contributed by atoms with Crippen LogP contribution in [-0.4, -0.2) is 30.1 Å². The number of ether oxygens (including phenoxy) is 3. The minimum Gasteiger partial charge on any atom is -0.493 e. The number of carbonyl (C=O) groups is 1. The molecule has 0 aliphatic heterocycles. The fraction of sp³-hybridized carbons (Fsp3) is 0.0741. The SMILES string of the molecule is COc1cc2nccc(Oc3ccc4c(C(N)=O)cc(-c5ccc(Cl)cc5)nc4c3)c2cc1OC. The molecule has 0 spiro atoms. The Morgan fingerprint density at radius 2 is 1.57 bits per heavy atom. The number of aromatic nitrogens is 2. The minimum absolute atomic E-state index is 0.373. The number of rotatable bonds is 6.